The van der Waals surface area contributed by atoms with E-state index in [1.54, 1.807) is 6.26 Å². The molecule has 1 aliphatic heterocycles. The molecule has 1 fully saturated rings. The highest BCUT2D eigenvalue weighted by Crippen LogP contribution is 2.06. The van der Waals surface area contributed by atoms with E-state index in [2.05, 4.69) is 5.32 Å². The zero-order valence-corrected chi connectivity index (χ0v) is 6.95. The van der Waals surface area contributed by atoms with E-state index in [9.17, 15) is 4.21 Å². The van der Waals surface area contributed by atoms with Gasteiger partial charge in [0.2, 0.25) is 0 Å². The highest BCUT2D eigenvalue weighted by atomic mass is 32.2. The molecule has 0 bridgehead atoms. The predicted octanol–water partition coefficient (Wildman–Crippen LogP) is 0.0485. The molecule has 4 heteroatoms. The molecule has 0 spiro atoms. The van der Waals surface area contributed by atoms with Crippen molar-refractivity contribution in [1.82, 2.24) is 5.32 Å². The van der Waals surface area contributed by atoms with Crippen molar-refractivity contribution in [2.24, 2.45) is 0 Å². The van der Waals surface area contributed by atoms with Crippen LogP contribution in [0.2, 0.25) is 0 Å². The van der Waals surface area contributed by atoms with Crippen molar-refractivity contribution in [2.45, 2.75) is 18.9 Å². The van der Waals surface area contributed by atoms with Crippen LogP contribution in [0.5, 0.6) is 0 Å². The highest BCUT2D eigenvalue weighted by Gasteiger charge is 2.14. The fourth-order valence-corrected chi connectivity index (χ4v) is 1.64. The van der Waals surface area contributed by atoms with E-state index < -0.39 is 11.1 Å². The first-order chi connectivity index (χ1) is 4.79. The van der Waals surface area contributed by atoms with Crippen molar-refractivity contribution in [1.29, 1.82) is 0 Å². The molecule has 1 heterocycles. The van der Waals surface area contributed by atoms with Crippen molar-refractivity contribution >= 4 is 11.1 Å². The third-order valence-corrected chi connectivity index (χ3v) is 2.07. The van der Waals surface area contributed by atoms with Crippen LogP contribution in [0.15, 0.2) is 0 Å². The molecule has 1 N–H and O–H groups in total. The highest BCUT2D eigenvalue weighted by molar-refractivity contribution is 7.79. The standard InChI is InChI=1S/C6H13NO2S/c1-10(8)9-6-3-2-4-7-5-6/h6-7H,2-5H2,1H3. The van der Waals surface area contributed by atoms with E-state index in [0.717, 1.165) is 25.9 Å². The van der Waals surface area contributed by atoms with Crippen LogP contribution in [0.4, 0.5) is 0 Å². The number of hydrogen-bond donors (Lipinski definition) is 1. The van der Waals surface area contributed by atoms with Crippen LogP contribution >= 0.6 is 0 Å². The van der Waals surface area contributed by atoms with Gasteiger partial charge in [0.1, 0.15) is 0 Å². The van der Waals surface area contributed by atoms with Crippen LogP contribution < -0.4 is 5.32 Å². The van der Waals surface area contributed by atoms with Crippen LogP contribution in [-0.4, -0.2) is 29.7 Å². The monoisotopic (exact) mass is 163 g/mol. The van der Waals surface area contributed by atoms with Crippen molar-refractivity contribution in [2.75, 3.05) is 19.3 Å². The second kappa shape index (κ2) is 4.05. The Bertz CT molecular complexity index is 123. The summed E-state index contributed by atoms with van der Waals surface area (Å²) in [6, 6.07) is 0. The molecule has 0 aliphatic carbocycles. The molecule has 0 aromatic carbocycles. The van der Waals surface area contributed by atoms with Crippen LogP contribution in [0.25, 0.3) is 0 Å². The Balaban J connectivity index is 2.19. The quantitative estimate of drug-likeness (QED) is 0.625. The molecular weight excluding hydrogens is 150 g/mol. The third kappa shape index (κ3) is 2.77. The summed E-state index contributed by atoms with van der Waals surface area (Å²) in [5.41, 5.74) is 0. The molecule has 60 valence electrons. The molecule has 3 nitrogen and oxygen atoms in total. The summed E-state index contributed by atoms with van der Waals surface area (Å²) in [6.07, 6.45) is 3.89. The molecule has 0 amide bonds. The number of piperidine rings is 1. The Kier molecular flexibility index (Phi) is 3.31. The van der Waals surface area contributed by atoms with Gasteiger partial charge in [-0.25, -0.2) is 4.21 Å². The summed E-state index contributed by atoms with van der Waals surface area (Å²) >= 11 is -1.10. The topological polar surface area (TPSA) is 38.3 Å². The van der Waals surface area contributed by atoms with Gasteiger partial charge in [0.05, 0.1) is 6.10 Å². The Morgan fingerprint density at radius 1 is 1.70 bits per heavy atom. The van der Waals surface area contributed by atoms with Gasteiger partial charge < -0.3 is 5.32 Å². The van der Waals surface area contributed by atoms with Gasteiger partial charge in [-0.15, -0.1) is 0 Å². The minimum atomic E-state index is -1.10. The summed E-state index contributed by atoms with van der Waals surface area (Å²) in [7, 11) is 0. The largest absolute Gasteiger partial charge is 0.314 e. The van der Waals surface area contributed by atoms with Gasteiger partial charge in [-0.3, -0.25) is 4.18 Å². The second-order valence-corrected chi connectivity index (χ2v) is 3.46. The Morgan fingerprint density at radius 2 is 2.50 bits per heavy atom. The average Bonchev–Trinajstić information content (AvgIpc) is 1.88. The Hall–Kier alpha value is 0.0700. The van der Waals surface area contributed by atoms with E-state index >= 15 is 0 Å². The molecule has 1 aliphatic rings. The number of hydrogen-bond acceptors (Lipinski definition) is 3. The molecular formula is C6H13NO2S. The lowest BCUT2D eigenvalue weighted by molar-refractivity contribution is 0.188. The normalized spacial score (nSPS) is 29.9. The van der Waals surface area contributed by atoms with E-state index in [-0.39, 0.29) is 6.10 Å². The average molecular weight is 163 g/mol. The molecule has 1 saturated heterocycles. The first-order valence-corrected chi connectivity index (χ1v) is 4.98. The van der Waals surface area contributed by atoms with Crippen molar-refractivity contribution < 1.29 is 8.39 Å². The first-order valence-electron chi connectivity index (χ1n) is 3.50. The molecule has 0 radical (unpaired) electrons. The second-order valence-electron chi connectivity index (χ2n) is 2.47. The summed E-state index contributed by atoms with van der Waals surface area (Å²) in [5.74, 6) is 0. The number of rotatable bonds is 2. The van der Waals surface area contributed by atoms with Gasteiger partial charge in [-0.05, 0) is 19.4 Å². The minimum Gasteiger partial charge on any atom is -0.314 e. The predicted molar refractivity (Wildman–Crippen MR) is 41.0 cm³/mol. The van der Waals surface area contributed by atoms with E-state index in [4.69, 9.17) is 4.18 Å². The third-order valence-electron chi connectivity index (χ3n) is 1.52. The van der Waals surface area contributed by atoms with Crippen LogP contribution in [0, 0.1) is 0 Å². The van der Waals surface area contributed by atoms with Gasteiger partial charge in [0, 0.05) is 12.8 Å². The number of nitrogens with one attached hydrogen (secondary N) is 1. The summed E-state index contributed by atoms with van der Waals surface area (Å²) in [6.45, 7) is 1.91. The Morgan fingerprint density at radius 3 is 3.00 bits per heavy atom. The van der Waals surface area contributed by atoms with Crippen molar-refractivity contribution in [3.8, 4) is 0 Å². The molecule has 0 saturated carbocycles. The zero-order valence-electron chi connectivity index (χ0n) is 6.13. The fraction of sp³-hybridized carbons (Fsp3) is 1.00. The maximum atomic E-state index is 10.6. The van der Waals surface area contributed by atoms with Gasteiger partial charge >= 0.3 is 0 Å². The maximum Gasteiger partial charge on any atom is 0.152 e. The lowest BCUT2D eigenvalue weighted by atomic mass is 10.1. The fourth-order valence-electron chi connectivity index (χ4n) is 1.09. The van der Waals surface area contributed by atoms with Gasteiger partial charge in [0.25, 0.3) is 0 Å². The van der Waals surface area contributed by atoms with Crippen LogP contribution in [0.1, 0.15) is 12.8 Å². The van der Waals surface area contributed by atoms with Gasteiger partial charge in [-0.1, -0.05) is 0 Å². The van der Waals surface area contributed by atoms with E-state index in [0.29, 0.717) is 0 Å². The van der Waals surface area contributed by atoms with E-state index in [1.165, 1.54) is 0 Å². The van der Waals surface area contributed by atoms with Crippen LogP contribution in [0.3, 0.4) is 0 Å². The lowest BCUT2D eigenvalue weighted by Crippen LogP contribution is -2.35. The maximum absolute atomic E-state index is 10.6. The smallest absolute Gasteiger partial charge is 0.152 e. The molecule has 2 unspecified atom stereocenters. The van der Waals surface area contributed by atoms with E-state index in [1.807, 2.05) is 0 Å². The molecule has 10 heavy (non-hydrogen) atoms. The summed E-state index contributed by atoms with van der Waals surface area (Å²) in [4.78, 5) is 0. The Labute approximate surface area is 63.8 Å². The minimum absolute atomic E-state index is 0.166. The van der Waals surface area contributed by atoms with Crippen molar-refractivity contribution in [3.05, 3.63) is 0 Å². The first kappa shape index (κ1) is 8.17. The summed E-state index contributed by atoms with van der Waals surface area (Å²) in [5, 5.41) is 3.18. The van der Waals surface area contributed by atoms with Crippen molar-refractivity contribution in [3.63, 3.8) is 0 Å². The molecule has 0 aromatic heterocycles. The molecule has 1 rings (SSSR count). The van der Waals surface area contributed by atoms with Gasteiger partial charge in [-0.2, -0.15) is 0 Å². The lowest BCUT2D eigenvalue weighted by Gasteiger charge is -2.20. The SMILES string of the molecule is CS(=O)OC1CCCNC1. The molecule has 0 aromatic rings. The van der Waals surface area contributed by atoms with Gasteiger partial charge in [0.15, 0.2) is 11.1 Å². The molecule has 2 atom stereocenters. The zero-order chi connectivity index (χ0) is 7.40. The summed E-state index contributed by atoms with van der Waals surface area (Å²) < 4.78 is 15.7. The van der Waals surface area contributed by atoms with Crippen LogP contribution in [-0.2, 0) is 15.3 Å².